The fourth-order valence-electron chi connectivity index (χ4n) is 4.89. The number of amides is 1. The molecular formula is C20H28FN3O3. The van der Waals surface area contributed by atoms with Gasteiger partial charge in [-0.2, -0.15) is 0 Å². The molecule has 1 N–H and O–H groups in total. The Hall–Kier alpha value is -1.73. The van der Waals surface area contributed by atoms with Crippen LogP contribution in [-0.2, 0) is 9.53 Å². The molecule has 1 spiro atoms. The van der Waals surface area contributed by atoms with Crippen molar-refractivity contribution >= 4 is 11.7 Å². The zero-order chi connectivity index (χ0) is 18.9. The van der Waals surface area contributed by atoms with Gasteiger partial charge in [0.05, 0.1) is 6.10 Å². The van der Waals surface area contributed by atoms with E-state index < -0.39 is 11.5 Å². The number of aliphatic hydroxyl groups is 1. The van der Waals surface area contributed by atoms with Gasteiger partial charge >= 0.3 is 0 Å². The maximum Gasteiger partial charge on any atom is 0.225 e. The van der Waals surface area contributed by atoms with E-state index in [9.17, 15) is 14.3 Å². The number of nitrogens with zero attached hydrogens (tertiary/aromatic N) is 3. The number of hydrogen-bond donors (Lipinski definition) is 1. The molecule has 4 heterocycles. The maximum atomic E-state index is 14.2. The van der Waals surface area contributed by atoms with E-state index in [1.54, 1.807) is 12.3 Å². The summed E-state index contributed by atoms with van der Waals surface area (Å²) in [6.07, 6.45) is 4.94. The second kappa shape index (κ2) is 7.72. The van der Waals surface area contributed by atoms with E-state index in [0.29, 0.717) is 45.1 Å². The maximum absolute atomic E-state index is 14.2. The minimum atomic E-state index is -0.481. The summed E-state index contributed by atoms with van der Waals surface area (Å²) in [7, 11) is 0. The van der Waals surface area contributed by atoms with Crippen LogP contribution in [0.15, 0.2) is 18.3 Å². The molecule has 2 atom stereocenters. The van der Waals surface area contributed by atoms with Crippen LogP contribution in [0.5, 0.6) is 0 Å². The van der Waals surface area contributed by atoms with Crippen LogP contribution in [0, 0.1) is 17.2 Å². The standard InChI is InChI=1S/C20H28FN3O3/c21-16-3-1-8-22-18(16)23-10-4-17(25)20(13-23)7-2-9-24(14-20)19(26)15-5-11-27-12-6-15/h1,3,8,15,17,25H,2,4-7,9-14H2/t17-,20-/m1/s1. The molecule has 4 rings (SSSR count). The lowest BCUT2D eigenvalue weighted by Gasteiger charge is -2.51. The van der Waals surface area contributed by atoms with E-state index in [0.717, 1.165) is 32.2 Å². The molecule has 7 heteroatoms. The number of piperidine rings is 2. The number of carbonyl (C=O) groups is 1. The minimum absolute atomic E-state index is 0.0268. The fourth-order valence-corrected chi connectivity index (χ4v) is 4.89. The molecule has 3 aliphatic rings. The van der Waals surface area contributed by atoms with Gasteiger partial charge in [-0.25, -0.2) is 9.37 Å². The second-order valence-electron chi connectivity index (χ2n) is 8.15. The van der Waals surface area contributed by atoms with Gasteiger partial charge in [-0.05, 0) is 44.2 Å². The first-order chi connectivity index (χ1) is 13.1. The predicted octanol–water partition coefficient (Wildman–Crippen LogP) is 1.83. The van der Waals surface area contributed by atoms with E-state index >= 15 is 0 Å². The molecule has 0 aliphatic carbocycles. The summed E-state index contributed by atoms with van der Waals surface area (Å²) in [5.74, 6) is 0.219. The summed E-state index contributed by atoms with van der Waals surface area (Å²) in [5.41, 5.74) is -0.415. The third kappa shape index (κ3) is 3.67. The molecule has 0 radical (unpaired) electrons. The van der Waals surface area contributed by atoms with Crippen molar-refractivity contribution in [3.63, 3.8) is 0 Å². The first-order valence-electron chi connectivity index (χ1n) is 9.99. The SMILES string of the molecule is O=C(C1CCOCC1)N1CCC[C@]2(C1)CN(c1ncccc1F)CC[C@H]2O. The Morgan fingerprint density at radius 3 is 2.85 bits per heavy atom. The molecule has 0 unspecified atom stereocenters. The first kappa shape index (κ1) is 18.6. The number of halogens is 1. The summed E-state index contributed by atoms with van der Waals surface area (Å²) >= 11 is 0. The highest BCUT2D eigenvalue weighted by atomic mass is 19.1. The first-order valence-corrected chi connectivity index (χ1v) is 9.99. The molecule has 1 aromatic rings. The molecule has 3 aliphatic heterocycles. The van der Waals surface area contributed by atoms with E-state index in [2.05, 4.69) is 4.98 Å². The van der Waals surface area contributed by atoms with Gasteiger partial charge in [-0.1, -0.05) is 0 Å². The number of ether oxygens (including phenoxy) is 1. The van der Waals surface area contributed by atoms with Crippen molar-refractivity contribution in [1.29, 1.82) is 0 Å². The van der Waals surface area contributed by atoms with Gasteiger partial charge in [-0.3, -0.25) is 4.79 Å². The molecule has 0 bridgehead atoms. The van der Waals surface area contributed by atoms with E-state index in [1.165, 1.54) is 6.07 Å². The summed E-state index contributed by atoms with van der Waals surface area (Å²) in [5, 5.41) is 10.8. The van der Waals surface area contributed by atoms with Crippen molar-refractivity contribution in [2.24, 2.45) is 11.3 Å². The number of hydrogen-bond acceptors (Lipinski definition) is 5. The minimum Gasteiger partial charge on any atom is -0.392 e. The molecule has 1 amide bonds. The number of anilines is 1. The smallest absolute Gasteiger partial charge is 0.225 e. The lowest BCUT2D eigenvalue weighted by Crippen LogP contribution is -2.60. The van der Waals surface area contributed by atoms with Crippen LogP contribution >= 0.6 is 0 Å². The normalized spacial score (nSPS) is 29.9. The Morgan fingerprint density at radius 1 is 1.26 bits per heavy atom. The van der Waals surface area contributed by atoms with Gasteiger partial charge in [0.1, 0.15) is 0 Å². The summed E-state index contributed by atoms with van der Waals surface area (Å²) in [6, 6.07) is 3.00. The van der Waals surface area contributed by atoms with Gasteiger partial charge in [-0.15, -0.1) is 0 Å². The summed E-state index contributed by atoms with van der Waals surface area (Å²) < 4.78 is 19.6. The molecule has 3 fully saturated rings. The predicted molar refractivity (Wildman–Crippen MR) is 98.8 cm³/mol. The molecule has 0 aromatic carbocycles. The van der Waals surface area contributed by atoms with Gasteiger partial charge in [0.2, 0.25) is 5.91 Å². The lowest BCUT2D eigenvalue weighted by atomic mass is 9.71. The van der Waals surface area contributed by atoms with Crippen LogP contribution in [0.4, 0.5) is 10.2 Å². The number of pyridine rings is 1. The van der Waals surface area contributed by atoms with Crippen molar-refractivity contribution in [3.05, 3.63) is 24.1 Å². The third-order valence-electron chi connectivity index (χ3n) is 6.41. The lowest BCUT2D eigenvalue weighted by molar-refractivity contribution is -0.145. The van der Waals surface area contributed by atoms with Crippen molar-refractivity contribution in [2.45, 2.75) is 38.2 Å². The summed E-state index contributed by atoms with van der Waals surface area (Å²) in [6.45, 7) is 3.66. The zero-order valence-electron chi connectivity index (χ0n) is 15.6. The Kier molecular flexibility index (Phi) is 5.32. The topological polar surface area (TPSA) is 65.9 Å². The van der Waals surface area contributed by atoms with Crippen molar-refractivity contribution in [3.8, 4) is 0 Å². The fraction of sp³-hybridized carbons (Fsp3) is 0.700. The van der Waals surface area contributed by atoms with Crippen LogP contribution in [0.1, 0.15) is 32.1 Å². The molecule has 6 nitrogen and oxygen atoms in total. The Labute approximate surface area is 159 Å². The highest BCUT2D eigenvalue weighted by molar-refractivity contribution is 5.79. The average Bonchev–Trinajstić information content (AvgIpc) is 2.71. The van der Waals surface area contributed by atoms with Crippen molar-refractivity contribution in [1.82, 2.24) is 9.88 Å². The van der Waals surface area contributed by atoms with Gasteiger partial charge in [0, 0.05) is 56.9 Å². The van der Waals surface area contributed by atoms with Crippen molar-refractivity contribution in [2.75, 3.05) is 44.3 Å². The molecule has 148 valence electrons. The zero-order valence-corrected chi connectivity index (χ0v) is 15.6. The molecule has 3 saturated heterocycles. The number of likely N-dealkylation sites (tertiary alicyclic amines) is 1. The largest absolute Gasteiger partial charge is 0.392 e. The monoisotopic (exact) mass is 377 g/mol. The highest BCUT2D eigenvalue weighted by Gasteiger charge is 2.47. The van der Waals surface area contributed by atoms with Crippen LogP contribution in [0.25, 0.3) is 0 Å². The quantitative estimate of drug-likeness (QED) is 0.852. The van der Waals surface area contributed by atoms with Crippen LogP contribution in [0.3, 0.4) is 0 Å². The molecule has 1 aromatic heterocycles. The van der Waals surface area contributed by atoms with Gasteiger partial charge < -0.3 is 19.6 Å². The van der Waals surface area contributed by atoms with E-state index in [-0.39, 0.29) is 17.6 Å². The summed E-state index contributed by atoms with van der Waals surface area (Å²) in [4.78, 5) is 21.1. The van der Waals surface area contributed by atoms with Gasteiger partial charge in [0.15, 0.2) is 11.6 Å². The van der Waals surface area contributed by atoms with Crippen LogP contribution in [-0.4, -0.2) is 66.4 Å². The third-order valence-corrected chi connectivity index (χ3v) is 6.41. The molecule has 0 saturated carbocycles. The number of carbonyl (C=O) groups excluding carboxylic acids is 1. The van der Waals surface area contributed by atoms with Crippen LogP contribution < -0.4 is 4.90 Å². The molecular weight excluding hydrogens is 349 g/mol. The van der Waals surface area contributed by atoms with Crippen LogP contribution in [0.2, 0.25) is 0 Å². The van der Waals surface area contributed by atoms with Gasteiger partial charge in [0.25, 0.3) is 0 Å². The Morgan fingerprint density at radius 2 is 2.07 bits per heavy atom. The number of aromatic nitrogens is 1. The molecule has 27 heavy (non-hydrogen) atoms. The van der Waals surface area contributed by atoms with E-state index in [1.807, 2.05) is 9.80 Å². The van der Waals surface area contributed by atoms with Crippen molar-refractivity contribution < 1.29 is 19.0 Å². The number of aliphatic hydroxyl groups excluding tert-OH is 1. The average molecular weight is 377 g/mol. The Bertz CT molecular complexity index is 682. The Balaban J connectivity index is 1.51. The number of rotatable bonds is 2. The highest BCUT2D eigenvalue weighted by Crippen LogP contribution is 2.40. The second-order valence-corrected chi connectivity index (χ2v) is 8.15. The van der Waals surface area contributed by atoms with E-state index in [4.69, 9.17) is 4.74 Å².